The smallest absolute Gasteiger partial charge is 0.253 e. The highest BCUT2D eigenvalue weighted by molar-refractivity contribution is 7.99. The Morgan fingerprint density at radius 1 is 1.24 bits per heavy atom. The Morgan fingerprint density at radius 3 is 2.72 bits per heavy atom. The molecule has 0 radical (unpaired) electrons. The quantitative estimate of drug-likeness (QED) is 0.551. The highest BCUT2D eigenvalue weighted by atomic mass is 35.5. The molecule has 0 aliphatic carbocycles. The summed E-state index contributed by atoms with van der Waals surface area (Å²) >= 11 is 7.64. The number of nitrogens with one attached hydrogen (secondary N) is 1. The van der Waals surface area contributed by atoms with Gasteiger partial charge in [-0.15, -0.1) is 5.10 Å². The van der Waals surface area contributed by atoms with Crippen LogP contribution in [0.2, 0.25) is 5.02 Å². The molecule has 0 saturated heterocycles. The summed E-state index contributed by atoms with van der Waals surface area (Å²) in [4.78, 5) is 23.1. The first-order valence-electron chi connectivity index (χ1n) is 9.35. The van der Waals surface area contributed by atoms with Crippen molar-refractivity contribution in [1.82, 2.24) is 29.8 Å². The number of aromatic nitrogens is 4. The van der Waals surface area contributed by atoms with Gasteiger partial charge in [-0.25, -0.2) is 9.50 Å². The lowest BCUT2D eigenvalue weighted by Crippen LogP contribution is -2.32. The number of rotatable bonds is 8. The SMILES string of the molecule is Cc1nc2nc(SCC(=O)NCCN(C)C)nn2c(C)c1Cc1ccccc1Cl. The number of benzene rings is 1. The maximum atomic E-state index is 12.0. The number of nitrogens with zero attached hydrogens (tertiary/aromatic N) is 5. The molecule has 0 bridgehead atoms. The monoisotopic (exact) mass is 432 g/mol. The van der Waals surface area contributed by atoms with Gasteiger partial charge in [0.15, 0.2) is 0 Å². The molecule has 0 aliphatic rings. The van der Waals surface area contributed by atoms with Crippen LogP contribution in [-0.2, 0) is 11.2 Å². The fourth-order valence-corrected chi connectivity index (χ4v) is 3.79. The van der Waals surface area contributed by atoms with E-state index in [2.05, 4.69) is 20.4 Å². The van der Waals surface area contributed by atoms with Crippen LogP contribution in [0.4, 0.5) is 0 Å². The molecule has 29 heavy (non-hydrogen) atoms. The first-order chi connectivity index (χ1) is 13.8. The molecule has 1 aromatic carbocycles. The molecule has 0 aliphatic heterocycles. The fourth-order valence-electron chi connectivity index (χ4n) is 2.94. The van der Waals surface area contributed by atoms with Crippen molar-refractivity contribution >= 4 is 35.0 Å². The summed E-state index contributed by atoms with van der Waals surface area (Å²) in [5.74, 6) is 0.781. The Labute approximate surface area is 179 Å². The predicted molar refractivity (Wildman–Crippen MR) is 117 cm³/mol. The van der Waals surface area contributed by atoms with Crippen LogP contribution >= 0.6 is 23.4 Å². The van der Waals surface area contributed by atoms with Gasteiger partial charge in [0.25, 0.3) is 5.78 Å². The minimum absolute atomic E-state index is 0.0315. The number of halogens is 1. The first-order valence-corrected chi connectivity index (χ1v) is 10.7. The predicted octanol–water partition coefficient (Wildman–Crippen LogP) is 2.76. The molecule has 1 amide bonds. The van der Waals surface area contributed by atoms with Crippen LogP contribution in [0.15, 0.2) is 29.4 Å². The Balaban J connectivity index is 1.74. The van der Waals surface area contributed by atoms with Crippen molar-refractivity contribution in [3.8, 4) is 0 Å². The van der Waals surface area contributed by atoms with Crippen molar-refractivity contribution in [3.63, 3.8) is 0 Å². The van der Waals surface area contributed by atoms with Gasteiger partial charge in [0.1, 0.15) is 0 Å². The number of hydrogen-bond donors (Lipinski definition) is 1. The van der Waals surface area contributed by atoms with Crippen LogP contribution in [0, 0.1) is 13.8 Å². The largest absolute Gasteiger partial charge is 0.354 e. The molecule has 2 heterocycles. The highest BCUT2D eigenvalue weighted by Gasteiger charge is 2.15. The molecule has 3 aromatic rings. The van der Waals surface area contributed by atoms with Gasteiger partial charge >= 0.3 is 0 Å². The fraction of sp³-hybridized carbons (Fsp3) is 0.400. The van der Waals surface area contributed by atoms with Gasteiger partial charge in [-0.3, -0.25) is 4.79 Å². The van der Waals surface area contributed by atoms with Crippen molar-refractivity contribution in [2.24, 2.45) is 0 Å². The second-order valence-corrected chi connectivity index (χ2v) is 8.43. The van der Waals surface area contributed by atoms with E-state index in [-0.39, 0.29) is 11.7 Å². The molecule has 0 atom stereocenters. The summed E-state index contributed by atoms with van der Waals surface area (Å²) in [6.07, 6.45) is 0.677. The zero-order chi connectivity index (χ0) is 21.0. The molecule has 0 saturated carbocycles. The lowest BCUT2D eigenvalue weighted by Gasteiger charge is -2.11. The molecule has 0 fully saturated rings. The summed E-state index contributed by atoms with van der Waals surface area (Å²) in [6, 6.07) is 7.81. The maximum absolute atomic E-state index is 12.0. The number of amides is 1. The third-order valence-electron chi connectivity index (χ3n) is 4.57. The topological polar surface area (TPSA) is 75.4 Å². The van der Waals surface area contributed by atoms with Crippen LogP contribution in [0.5, 0.6) is 0 Å². The van der Waals surface area contributed by atoms with Crippen molar-refractivity contribution in [1.29, 1.82) is 0 Å². The average Bonchev–Trinajstić information content (AvgIpc) is 3.07. The molecular formula is C20H25ClN6OS. The lowest BCUT2D eigenvalue weighted by atomic mass is 10.0. The second-order valence-electron chi connectivity index (χ2n) is 7.08. The third-order valence-corrected chi connectivity index (χ3v) is 5.77. The van der Waals surface area contributed by atoms with Gasteiger partial charge in [-0.05, 0) is 45.1 Å². The van der Waals surface area contributed by atoms with Crippen LogP contribution < -0.4 is 5.32 Å². The van der Waals surface area contributed by atoms with Gasteiger partial charge in [0.05, 0.1) is 5.75 Å². The van der Waals surface area contributed by atoms with Crippen molar-refractivity contribution < 1.29 is 4.79 Å². The van der Waals surface area contributed by atoms with Crippen molar-refractivity contribution in [2.45, 2.75) is 25.4 Å². The molecule has 0 unspecified atom stereocenters. The summed E-state index contributed by atoms with van der Waals surface area (Å²) in [7, 11) is 3.94. The van der Waals surface area contributed by atoms with Crippen LogP contribution in [0.3, 0.4) is 0 Å². The van der Waals surface area contributed by atoms with Gasteiger partial charge in [0, 0.05) is 35.9 Å². The number of aryl methyl sites for hydroxylation is 2. The van der Waals surface area contributed by atoms with Crippen LogP contribution in [-0.4, -0.2) is 63.3 Å². The van der Waals surface area contributed by atoms with E-state index in [4.69, 9.17) is 11.6 Å². The van der Waals surface area contributed by atoms with E-state index in [1.54, 1.807) is 4.52 Å². The molecule has 2 aromatic heterocycles. The summed E-state index contributed by atoms with van der Waals surface area (Å²) in [5, 5.41) is 8.71. The molecule has 3 rings (SSSR count). The summed E-state index contributed by atoms with van der Waals surface area (Å²) in [5.41, 5.74) is 4.00. The standard InChI is InChI=1S/C20H25ClN6OS/c1-13-16(11-15-7-5-6-8-17(15)21)14(2)27-19(23-13)24-20(25-27)29-12-18(28)22-9-10-26(3)4/h5-8H,9-12H2,1-4H3,(H,22,28). The number of carbonyl (C=O) groups is 1. The maximum Gasteiger partial charge on any atom is 0.253 e. The third kappa shape index (κ3) is 5.46. The molecule has 7 nitrogen and oxygen atoms in total. The molecule has 1 N–H and O–H groups in total. The summed E-state index contributed by atoms with van der Waals surface area (Å²) in [6.45, 7) is 5.40. The number of likely N-dealkylation sites (N-methyl/N-ethyl adjacent to an activating group) is 1. The van der Waals surface area contributed by atoms with Crippen molar-refractivity contribution in [3.05, 3.63) is 51.8 Å². The van der Waals surface area contributed by atoms with E-state index in [1.807, 2.05) is 57.1 Å². The number of carbonyl (C=O) groups excluding carboxylic acids is 1. The van der Waals surface area contributed by atoms with Crippen LogP contribution in [0.25, 0.3) is 5.78 Å². The molecule has 9 heteroatoms. The normalized spacial score (nSPS) is 11.4. The van der Waals surface area contributed by atoms with Gasteiger partial charge in [-0.2, -0.15) is 4.98 Å². The molecule has 154 valence electrons. The minimum Gasteiger partial charge on any atom is -0.354 e. The van der Waals surface area contributed by atoms with E-state index in [1.165, 1.54) is 11.8 Å². The van der Waals surface area contributed by atoms with E-state index < -0.39 is 0 Å². The zero-order valence-corrected chi connectivity index (χ0v) is 18.6. The Kier molecular flexibility index (Phi) is 7.10. The van der Waals surface area contributed by atoms with E-state index in [0.717, 1.165) is 34.1 Å². The highest BCUT2D eigenvalue weighted by Crippen LogP contribution is 2.23. The number of fused-ring (bicyclic) bond motifs is 1. The van der Waals surface area contributed by atoms with Gasteiger partial charge < -0.3 is 10.2 Å². The Hall–Kier alpha value is -2.16. The van der Waals surface area contributed by atoms with Crippen LogP contribution in [0.1, 0.15) is 22.5 Å². The van der Waals surface area contributed by atoms with E-state index in [0.29, 0.717) is 23.9 Å². The zero-order valence-electron chi connectivity index (χ0n) is 17.1. The van der Waals surface area contributed by atoms with Gasteiger partial charge in [0.2, 0.25) is 11.1 Å². The second kappa shape index (κ2) is 9.56. The molecular weight excluding hydrogens is 408 g/mol. The summed E-state index contributed by atoms with van der Waals surface area (Å²) < 4.78 is 1.74. The lowest BCUT2D eigenvalue weighted by molar-refractivity contribution is -0.118. The van der Waals surface area contributed by atoms with E-state index in [9.17, 15) is 4.79 Å². The average molecular weight is 433 g/mol. The number of hydrogen-bond acceptors (Lipinski definition) is 6. The first kappa shape index (κ1) is 21.5. The van der Waals surface area contributed by atoms with Gasteiger partial charge in [-0.1, -0.05) is 41.6 Å². The number of thioether (sulfide) groups is 1. The Bertz CT molecular complexity index is 1020. The van der Waals surface area contributed by atoms with Crippen molar-refractivity contribution in [2.75, 3.05) is 32.9 Å². The Morgan fingerprint density at radius 2 is 2.00 bits per heavy atom. The minimum atomic E-state index is -0.0315. The van der Waals surface area contributed by atoms with E-state index >= 15 is 0 Å². The molecule has 0 spiro atoms.